The van der Waals surface area contributed by atoms with E-state index in [0.717, 1.165) is 28.0 Å². The van der Waals surface area contributed by atoms with E-state index in [2.05, 4.69) is 23.0 Å². The van der Waals surface area contributed by atoms with Gasteiger partial charge < -0.3 is 4.74 Å². The summed E-state index contributed by atoms with van der Waals surface area (Å²) in [6.45, 7) is 2.14. The Bertz CT molecular complexity index is 770. The summed E-state index contributed by atoms with van der Waals surface area (Å²) in [5, 5.41) is 1.26. The van der Waals surface area contributed by atoms with Crippen LogP contribution in [-0.2, 0) is 6.42 Å². The maximum Gasteiger partial charge on any atom is 0.171 e. The zero-order valence-corrected chi connectivity index (χ0v) is 12.8. The fraction of sp³-hybridized carbons (Fsp3) is 0.200. The average molecular weight is 305 g/mol. The van der Waals surface area contributed by atoms with Crippen LogP contribution in [0.5, 0.6) is 5.75 Å². The van der Waals surface area contributed by atoms with Crippen molar-refractivity contribution in [3.8, 4) is 16.5 Å². The summed E-state index contributed by atoms with van der Waals surface area (Å²) in [4.78, 5) is 11.3. The van der Waals surface area contributed by atoms with E-state index in [4.69, 9.17) is 16.3 Å². The minimum atomic E-state index is 0.454. The molecule has 0 saturated carbocycles. The summed E-state index contributed by atoms with van der Waals surface area (Å²) < 4.78 is 5.20. The number of fused-ring (bicyclic) bond motifs is 1. The standard InChI is InChI=1S/C15H13ClN2OS/c1-3-10-5-7-13(20-10)15-17-12-6-4-9(19-2)8-11(12)14(16)18-15/h4-8H,3H2,1-2H3. The molecule has 0 bridgehead atoms. The first-order valence-electron chi connectivity index (χ1n) is 6.31. The highest BCUT2D eigenvalue weighted by atomic mass is 35.5. The van der Waals surface area contributed by atoms with Crippen molar-refractivity contribution in [1.82, 2.24) is 9.97 Å². The Kier molecular flexibility index (Phi) is 3.59. The monoisotopic (exact) mass is 304 g/mol. The summed E-state index contributed by atoms with van der Waals surface area (Å²) in [6, 6.07) is 9.79. The Morgan fingerprint density at radius 2 is 2.05 bits per heavy atom. The first-order valence-corrected chi connectivity index (χ1v) is 7.51. The molecule has 3 nitrogen and oxygen atoms in total. The summed E-state index contributed by atoms with van der Waals surface area (Å²) in [6.07, 6.45) is 1.02. The van der Waals surface area contributed by atoms with Gasteiger partial charge >= 0.3 is 0 Å². The number of thiophene rings is 1. The molecule has 3 aromatic rings. The Morgan fingerprint density at radius 1 is 1.20 bits per heavy atom. The fourth-order valence-corrected chi connectivity index (χ4v) is 3.11. The number of rotatable bonds is 3. The zero-order chi connectivity index (χ0) is 14.1. The van der Waals surface area contributed by atoms with E-state index in [1.165, 1.54) is 4.88 Å². The summed E-state index contributed by atoms with van der Waals surface area (Å²) in [5.74, 6) is 1.43. The van der Waals surface area contributed by atoms with Crippen molar-refractivity contribution in [1.29, 1.82) is 0 Å². The molecule has 0 saturated heterocycles. The second-order valence-electron chi connectivity index (χ2n) is 4.34. The molecular formula is C15H13ClN2OS. The van der Waals surface area contributed by atoms with E-state index in [0.29, 0.717) is 11.0 Å². The van der Waals surface area contributed by atoms with Gasteiger partial charge in [-0.15, -0.1) is 11.3 Å². The molecule has 2 aromatic heterocycles. The Labute approximate surface area is 126 Å². The Balaban J connectivity index is 2.14. The van der Waals surface area contributed by atoms with Crippen LogP contribution in [-0.4, -0.2) is 17.1 Å². The number of methoxy groups -OCH3 is 1. The van der Waals surface area contributed by atoms with E-state index in [9.17, 15) is 0 Å². The number of aryl methyl sites for hydroxylation is 1. The second-order valence-corrected chi connectivity index (χ2v) is 5.87. The quantitative estimate of drug-likeness (QED) is 0.664. The van der Waals surface area contributed by atoms with Crippen molar-refractivity contribution in [2.24, 2.45) is 0 Å². The van der Waals surface area contributed by atoms with Crippen molar-refractivity contribution in [3.05, 3.63) is 40.4 Å². The van der Waals surface area contributed by atoms with E-state index in [1.807, 2.05) is 24.3 Å². The van der Waals surface area contributed by atoms with Crippen molar-refractivity contribution < 1.29 is 4.74 Å². The van der Waals surface area contributed by atoms with Gasteiger partial charge in [-0.05, 0) is 36.8 Å². The maximum absolute atomic E-state index is 6.28. The lowest BCUT2D eigenvalue weighted by Gasteiger charge is -2.05. The van der Waals surface area contributed by atoms with Crippen LogP contribution in [0.3, 0.4) is 0 Å². The molecule has 0 N–H and O–H groups in total. The molecule has 0 unspecified atom stereocenters. The molecule has 0 aliphatic carbocycles. The number of halogens is 1. The molecule has 1 aromatic carbocycles. The van der Waals surface area contributed by atoms with Crippen LogP contribution in [0.1, 0.15) is 11.8 Å². The molecule has 0 spiro atoms. The molecule has 102 valence electrons. The van der Waals surface area contributed by atoms with E-state index >= 15 is 0 Å². The van der Waals surface area contributed by atoms with Crippen molar-refractivity contribution in [2.75, 3.05) is 7.11 Å². The molecule has 20 heavy (non-hydrogen) atoms. The maximum atomic E-state index is 6.28. The first-order chi connectivity index (χ1) is 9.71. The third kappa shape index (κ3) is 2.37. The molecule has 0 aliphatic rings. The summed E-state index contributed by atoms with van der Waals surface area (Å²) >= 11 is 7.98. The minimum Gasteiger partial charge on any atom is -0.497 e. The highest BCUT2D eigenvalue weighted by Gasteiger charge is 2.10. The predicted octanol–water partition coefficient (Wildman–Crippen LogP) is 4.58. The van der Waals surface area contributed by atoms with Gasteiger partial charge in [-0.2, -0.15) is 0 Å². The molecule has 0 fully saturated rings. The largest absolute Gasteiger partial charge is 0.497 e. The lowest BCUT2D eigenvalue weighted by molar-refractivity contribution is 0.415. The normalized spacial score (nSPS) is 10.9. The summed E-state index contributed by atoms with van der Waals surface area (Å²) in [7, 11) is 1.63. The molecule has 0 atom stereocenters. The van der Waals surface area contributed by atoms with Gasteiger partial charge in [0, 0.05) is 10.3 Å². The molecular weight excluding hydrogens is 292 g/mol. The van der Waals surface area contributed by atoms with Gasteiger partial charge in [-0.1, -0.05) is 18.5 Å². The van der Waals surface area contributed by atoms with Gasteiger partial charge in [-0.3, -0.25) is 0 Å². The van der Waals surface area contributed by atoms with Gasteiger partial charge in [0.05, 0.1) is 17.5 Å². The van der Waals surface area contributed by atoms with Crippen LogP contribution < -0.4 is 4.74 Å². The predicted molar refractivity (Wildman–Crippen MR) is 83.8 cm³/mol. The first kappa shape index (κ1) is 13.3. The van der Waals surface area contributed by atoms with E-state index < -0.39 is 0 Å². The third-order valence-corrected chi connectivity index (χ3v) is 4.60. The van der Waals surface area contributed by atoms with Gasteiger partial charge in [0.25, 0.3) is 0 Å². The minimum absolute atomic E-state index is 0.454. The van der Waals surface area contributed by atoms with Crippen LogP contribution in [0.15, 0.2) is 30.3 Å². The lowest BCUT2D eigenvalue weighted by Crippen LogP contribution is -1.91. The van der Waals surface area contributed by atoms with Crippen molar-refractivity contribution >= 4 is 33.8 Å². The molecule has 0 amide bonds. The smallest absolute Gasteiger partial charge is 0.171 e. The Hall–Kier alpha value is -1.65. The van der Waals surface area contributed by atoms with Crippen LogP contribution in [0, 0.1) is 0 Å². The van der Waals surface area contributed by atoms with Gasteiger partial charge in [0.15, 0.2) is 5.82 Å². The molecule has 3 rings (SSSR count). The van der Waals surface area contributed by atoms with Gasteiger partial charge in [-0.25, -0.2) is 9.97 Å². The van der Waals surface area contributed by atoms with E-state index in [1.54, 1.807) is 18.4 Å². The topological polar surface area (TPSA) is 35.0 Å². The highest BCUT2D eigenvalue weighted by molar-refractivity contribution is 7.15. The fourth-order valence-electron chi connectivity index (χ4n) is 2.00. The van der Waals surface area contributed by atoms with Crippen LogP contribution in [0.2, 0.25) is 5.15 Å². The van der Waals surface area contributed by atoms with Gasteiger partial charge in [0.2, 0.25) is 0 Å². The molecule has 2 heterocycles. The van der Waals surface area contributed by atoms with Gasteiger partial charge in [0.1, 0.15) is 10.9 Å². The highest BCUT2D eigenvalue weighted by Crippen LogP contribution is 2.31. The molecule has 5 heteroatoms. The molecule has 0 radical (unpaired) electrons. The third-order valence-electron chi connectivity index (χ3n) is 3.09. The number of ether oxygens (including phenoxy) is 1. The molecule has 0 aliphatic heterocycles. The lowest BCUT2D eigenvalue weighted by atomic mass is 10.2. The van der Waals surface area contributed by atoms with Crippen molar-refractivity contribution in [2.45, 2.75) is 13.3 Å². The number of benzene rings is 1. The summed E-state index contributed by atoms with van der Waals surface area (Å²) in [5.41, 5.74) is 0.826. The van der Waals surface area contributed by atoms with Crippen molar-refractivity contribution in [3.63, 3.8) is 0 Å². The van der Waals surface area contributed by atoms with Crippen LogP contribution in [0.25, 0.3) is 21.6 Å². The second kappa shape index (κ2) is 5.38. The SMILES string of the molecule is CCc1ccc(-c2nc(Cl)c3cc(OC)ccc3n2)s1. The number of hydrogen-bond acceptors (Lipinski definition) is 4. The van der Waals surface area contributed by atoms with Crippen LogP contribution in [0.4, 0.5) is 0 Å². The van der Waals surface area contributed by atoms with E-state index in [-0.39, 0.29) is 0 Å². The van der Waals surface area contributed by atoms with Crippen LogP contribution >= 0.6 is 22.9 Å². The number of aromatic nitrogens is 2. The number of hydrogen-bond donors (Lipinski definition) is 0. The number of nitrogens with zero attached hydrogens (tertiary/aromatic N) is 2. The Morgan fingerprint density at radius 3 is 2.75 bits per heavy atom. The average Bonchev–Trinajstić information content (AvgIpc) is 2.96. The zero-order valence-electron chi connectivity index (χ0n) is 11.2.